The maximum atomic E-state index is 12.2. The Labute approximate surface area is 180 Å². The van der Waals surface area contributed by atoms with Crippen molar-refractivity contribution in [2.24, 2.45) is 0 Å². The van der Waals surface area contributed by atoms with Gasteiger partial charge < -0.3 is 25.4 Å². The van der Waals surface area contributed by atoms with Crippen LogP contribution in [0, 0.1) is 6.92 Å². The molecule has 0 spiro atoms. The number of amides is 1. The number of rotatable bonds is 6. The Balaban J connectivity index is 1.35. The van der Waals surface area contributed by atoms with Gasteiger partial charge in [-0.25, -0.2) is 4.79 Å². The molecule has 160 valence electrons. The zero-order valence-corrected chi connectivity index (χ0v) is 17.2. The van der Waals surface area contributed by atoms with Crippen molar-refractivity contribution in [2.45, 2.75) is 25.0 Å². The number of ether oxygens (including phenoxy) is 1. The number of carbonyl (C=O) groups is 1. The van der Waals surface area contributed by atoms with E-state index >= 15 is 0 Å². The second-order valence-electron chi connectivity index (χ2n) is 7.76. The van der Waals surface area contributed by atoms with Crippen LogP contribution in [-0.4, -0.2) is 40.7 Å². The number of hydrogen-bond donors (Lipinski definition) is 4. The Bertz CT molecular complexity index is 1050. The van der Waals surface area contributed by atoms with Crippen molar-refractivity contribution in [1.82, 2.24) is 5.32 Å². The van der Waals surface area contributed by atoms with Crippen LogP contribution in [0.4, 0.5) is 4.79 Å². The lowest BCUT2D eigenvalue weighted by molar-refractivity contribution is 0.0181. The fourth-order valence-corrected chi connectivity index (χ4v) is 4.10. The number of carbonyl (C=O) groups excluding carboxylic acids is 1. The van der Waals surface area contributed by atoms with Gasteiger partial charge in [-0.1, -0.05) is 54.6 Å². The topological polar surface area (TPSA) is 99.0 Å². The average Bonchev–Trinajstić information content (AvgIpc) is 3.11. The molecule has 0 saturated carbocycles. The van der Waals surface area contributed by atoms with Crippen LogP contribution < -0.4 is 5.32 Å². The molecule has 1 amide bonds. The fourth-order valence-electron chi connectivity index (χ4n) is 4.10. The highest BCUT2D eigenvalue weighted by Crippen LogP contribution is 2.44. The summed E-state index contributed by atoms with van der Waals surface area (Å²) in [6, 6.07) is 20.7. The number of aryl methyl sites for hydroxylation is 1. The van der Waals surface area contributed by atoms with Gasteiger partial charge in [0.05, 0.1) is 0 Å². The summed E-state index contributed by atoms with van der Waals surface area (Å²) in [5.74, 6) is -0.0556. The van der Waals surface area contributed by atoms with E-state index in [0.29, 0.717) is 5.56 Å². The maximum absolute atomic E-state index is 12.2. The van der Waals surface area contributed by atoms with Crippen molar-refractivity contribution in [1.29, 1.82) is 0 Å². The van der Waals surface area contributed by atoms with Crippen molar-refractivity contribution in [3.8, 4) is 16.9 Å². The van der Waals surface area contributed by atoms with E-state index < -0.39 is 18.3 Å². The van der Waals surface area contributed by atoms with Gasteiger partial charge in [-0.15, -0.1) is 0 Å². The molecule has 4 N–H and O–H groups in total. The highest BCUT2D eigenvalue weighted by molar-refractivity contribution is 5.79. The Hall–Kier alpha value is -3.35. The Morgan fingerprint density at radius 2 is 1.61 bits per heavy atom. The fraction of sp³-hybridized carbons (Fsp3) is 0.240. The summed E-state index contributed by atoms with van der Waals surface area (Å²) in [4.78, 5) is 12.2. The number of aliphatic hydroxyl groups excluding tert-OH is 2. The number of aliphatic hydroxyl groups is 2. The first-order chi connectivity index (χ1) is 15.0. The minimum atomic E-state index is -1.25. The number of alkyl carbamates (subject to hydrolysis) is 1. The summed E-state index contributed by atoms with van der Waals surface area (Å²) < 4.78 is 5.44. The standard InChI is InChI=1S/C25H25NO5/c1-15-10-11-16(27)12-21(15)24(29)23(28)13-26-25(30)31-14-22-19-8-4-2-6-17(19)18-7-3-5-9-20(18)22/h2-12,22-24,27-29H,13-14H2,1H3,(H,26,30). The normalized spacial score (nSPS) is 14.4. The monoisotopic (exact) mass is 419 g/mol. The number of phenolic OH excluding ortho intramolecular Hbond substituents is 1. The van der Waals surface area contributed by atoms with Crippen LogP contribution in [0.2, 0.25) is 0 Å². The van der Waals surface area contributed by atoms with Gasteiger partial charge in [-0.3, -0.25) is 0 Å². The van der Waals surface area contributed by atoms with Crippen LogP contribution in [0.3, 0.4) is 0 Å². The molecule has 1 aliphatic rings. The van der Waals surface area contributed by atoms with Crippen LogP contribution >= 0.6 is 0 Å². The highest BCUT2D eigenvalue weighted by atomic mass is 16.5. The molecule has 6 nitrogen and oxygen atoms in total. The van der Waals surface area contributed by atoms with Crippen LogP contribution in [0.1, 0.15) is 34.3 Å². The molecule has 0 saturated heterocycles. The SMILES string of the molecule is Cc1ccc(O)cc1C(O)C(O)CNC(=O)OCC1c2ccccc2-c2ccccc21. The number of aromatic hydroxyl groups is 1. The molecule has 4 rings (SSSR count). The van der Waals surface area contributed by atoms with E-state index in [1.54, 1.807) is 13.0 Å². The summed E-state index contributed by atoms with van der Waals surface area (Å²) in [6.45, 7) is 1.75. The Morgan fingerprint density at radius 3 is 2.26 bits per heavy atom. The van der Waals surface area contributed by atoms with E-state index in [1.165, 1.54) is 12.1 Å². The van der Waals surface area contributed by atoms with Gasteiger partial charge in [0, 0.05) is 12.5 Å². The van der Waals surface area contributed by atoms with E-state index in [0.717, 1.165) is 27.8 Å². The predicted octanol–water partition coefficient (Wildman–Crippen LogP) is 3.63. The van der Waals surface area contributed by atoms with Crippen molar-refractivity contribution in [3.05, 3.63) is 89.0 Å². The highest BCUT2D eigenvalue weighted by Gasteiger charge is 2.29. The molecule has 1 aliphatic carbocycles. The molecule has 0 aliphatic heterocycles. The number of fused-ring (bicyclic) bond motifs is 3. The minimum Gasteiger partial charge on any atom is -0.508 e. The molecule has 2 atom stereocenters. The number of phenols is 1. The lowest BCUT2D eigenvalue weighted by Crippen LogP contribution is -2.36. The third-order valence-corrected chi connectivity index (χ3v) is 5.75. The minimum absolute atomic E-state index is 0.00338. The van der Waals surface area contributed by atoms with Crippen molar-refractivity contribution in [2.75, 3.05) is 13.2 Å². The molecule has 2 unspecified atom stereocenters. The van der Waals surface area contributed by atoms with Crippen molar-refractivity contribution >= 4 is 6.09 Å². The molecule has 6 heteroatoms. The van der Waals surface area contributed by atoms with Gasteiger partial charge >= 0.3 is 6.09 Å². The summed E-state index contributed by atoms with van der Waals surface area (Å²) in [7, 11) is 0. The van der Waals surface area contributed by atoms with Gasteiger partial charge in [-0.2, -0.15) is 0 Å². The lowest BCUT2D eigenvalue weighted by atomic mass is 9.98. The molecule has 3 aromatic rings. The molecular weight excluding hydrogens is 394 g/mol. The molecule has 0 bridgehead atoms. The average molecular weight is 419 g/mol. The number of nitrogens with one attached hydrogen (secondary N) is 1. The predicted molar refractivity (Wildman–Crippen MR) is 117 cm³/mol. The molecule has 0 aromatic heterocycles. The molecular formula is C25H25NO5. The lowest BCUT2D eigenvalue weighted by Gasteiger charge is -2.21. The van der Waals surface area contributed by atoms with E-state index in [2.05, 4.69) is 17.4 Å². The first kappa shape index (κ1) is 20.9. The number of hydrogen-bond acceptors (Lipinski definition) is 5. The second-order valence-corrected chi connectivity index (χ2v) is 7.76. The van der Waals surface area contributed by atoms with Gasteiger partial charge in [0.15, 0.2) is 0 Å². The second kappa shape index (κ2) is 8.79. The van der Waals surface area contributed by atoms with Gasteiger partial charge in [0.2, 0.25) is 0 Å². The van der Waals surface area contributed by atoms with Crippen molar-refractivity contribution < 1.29 is 24.9 Å². The van der Waals surface area contributed by atoms with Gasteiger partial charge in [0.25, 0.3) is 0 Å². The summed E-state index contributed by atoms with van der Waals surface area (Å²) in [5.41, 5.74) is 5.66. The molecule has 0 fully saturated rings. The maximum Gasteiger partial charge on any atom is 0.407 e. The summed E-state index contributed by atoms with van der Waals surface area (Å²) in [6.07, 6.45) is -3.16. The molecule has 31 heavy (non-hydrogen) atoms. The van der Waals surface area contributed by atoms with E-state index in [4.69, 9.17) is 4.74 Å². The van der Waals surface area contributed by atoms with Crippen LogP contribution in [0.25, 0.3) is 11.1 Å². The van der Waals surface area contributed by atoms with Crippen LogP contribution in [0.15, 0.2) is 66.7 Å². The Kier molecular flexibility index (Phi) is 5.93. The van der Waals surface area contributed by atoms with Crippen LogP contribution in [0.5, 0.6) is 5.75 Å². The Morgan fingerprint density at radius 1 is 1.00 bits per heavy atom. The molecule has 3 aromatic carbocycles. The smallest absolute Gasteiger partial charge is 0.407 e. The molecule has 0 heterocycles. The van der Waals surface area contributed by atoms with E-state index in [9.17, 15) is 20.1 Å². The summed E-state index contributed by atoms with van der Waals surface area (Å²) in [5, 5.41) is 32.8. The summed E-state index contributed by atoms with van der Waals surface area (Å²) >= 11 is 0. The molecule has 0 radical (unpaired) electrons. The quantitative estimate of drug-likeness (QED) is 0.489. The van der Waals surface area contributed by atoms with E-state index in [1.807, 2.05) is 36.4 Å². The van der Waals surface area contributed by atoms with Crippen LogP contribution in [-0.2, 0) is 4.74 Å². The third kappa shape index (κ3) is 4.26. The zero-order valence-electron chi connectivity index (χ0n) is 17.2. The first-order valence-electron chi connectivity index (χ1n) is 10.2. The van der Waals surface area contributed by atoms with Crippen molar-refractivity contribution in [3.63, 3.8) is 0 Å². The van der Waals surface area contributed by atoms with Gasteiger partial charge in [-0.05, 0) is 52.4 Å². The van der Waals surface area contributed by atoms with E-state index in [-0.39, 0.29) is 24.8 Å². The third-order valence-electron chi connectivity index (χ3n) is 5.75. The zero-order chi connectivity index (χ0) is 22.0. The number of benzene rings is 3. The largest absolute Gasteiger partial charge is 0.508 e. The first-order valence-corrected chi connectivity index (χ1v) is 10.2. The van der Waals surface area contributed by atoms with Gasteiger partial charge in [0.1, 0.15) is 24.6 Å².